The maximum Gasteiger partial charge on any atom is 0.241 e. The number of rotatable bonds is 10. The van der Waals surface area contributed by atoms with Crippen molar-refractivity contribution in [3.8, 4) is 0 Å². The van der Waals surface area contributed by atoms with Gasteiger partial charge in [-0.25, -0.2) is 13.1 Å². The van der Waals surface area contributed by atoms with Crippen LogP contribution in [0.5, 0.6) is 0 Å². The zero-order valence-corrected chi connectivity index (χ0v) is 21.8. The lowest BCUT2D eigenvalue weighted by molar-refractivity contribution is -0.129. The molecule has 1 saturated heterocycles. The molecule has 1 aliphatic rings. The number of anilines is 1. The molecule has 3 aromatic rings. The molecule has 0 spiro atoms. The molecule has 0 unspecified atom stereocenters. The van der Waals surface area contributed by atoms with E-state index in [-0.39, 0.29) is 29.2 Å². The van der Waals surface area contributed by atoms with E-state index in [9.17, 15) is 18.0 Å². The predicted molar refractivity (Wildman–Crippen MR) is 145 cm³/mol. The first-order chi connectivity index (χ1) is 17.8. The second kappa shape index (κ2) is 12.2. The largest absolute Gasteiger partial charge is 0.342 e. The van der Waals surface area contributed by atoms with Gasteiger partial charge < -0.3 is 10.2 Å². The fraction of sp³-hybridized carbons (Fsp3) is 0.310. The topological polar surface area (TPSA) is 95.6 Å². The molecule has 0 saturated carbocycles. The average molecular weight is 520 g/mol. The molecule has 8 heteroatoms. The molecule has 37 heavy (non-hydrogen) atoms. The van der Waals surface area contributed by atoms with Gasteiger partial charge in [-0.05, 0) is 67.1 Å². The molecule has 2 N–H and O–H groups in total. The Morgan fingerprint density at radius 1 is 0.865 bits per heavy atom. The van der Waals surface area contributed by atoms with Crippen LogP contribution in [-0.2, 0) is 32.5 Å². The van der Waals surface area contributed by atoms with Gasteiger partial charge in [0, 0.05) is 31.2 Å². The van der Waals surface area contributed by atoms with Crippen molar-refractivity contribution in [1.29, 1.82) is 0 Å². The van der Waals surface area contributed by atoms with E-state index in [0.29, 0.717) is 18.5 Å². The van der Waals surface area contributed by atoms with Crippen molar-refractivity contribution in [3.63, 3.8) is 0 Å². The summed E-state index contributed by atoms with van der Waals surface area (Å²) >= 11 is 0. The Balaban J connectivity index is 1.24. The highest BCUT2D eigenvalue weighted by Gasteiger charge is 2.19. The van der Waals surface area contributed by atoms with Gasteiger partial charge in [-0.3, -0.25) is 9.59 Å². The molecule has 1 fully saturated rings. The van der Waals surface area contributed by atoms with Crippen LogP contribution in [0.25, 0.3) is 0 Å². The Bertz CT molecular complexity index is 1300. The Labute approximate surface area is 218 Å². The maximum atomic E-state index is 12.7. The van der Waals surface area contributed by atoms with E-state index in [0.717, 1.165) is 42.6 Å². The highest BCUT2D eigenvalue weighted by atomic mass is 32.2. The maximum absolute atomic E-state index is 12.7. The fourth-order valence-corrected chi connectivity index (χ4v) is 5.62. The number of likely N-dealkylation sites (tertiary alicyclic amines) is 1. The van der Waals surface area contributed by atoms with Crippen LogP contribution < -0.4 is 10.0 Å². The van der Waals surface area contributed by atoms with Gasteiger partial charge in [0.05, 0.1) is 11.3 Å². The van der Waals surface area contributed by atoms with Crippen LogP contribution in [0.15, 0.2) is 83.8 Å². The second-order valence-corrected chi connectivity index (χ2v) is 11.1. The van der Waals surface area contributed by atoms with Gasteiger partial charge in [-0.1, -0.05) is 54.6 Å². The number of carbonyl (C=O) groups excluding carboxylic acids is 2. The fourth-order valence-electron chi connectivity index (χ4n) is 4.39. The molecule has 7 nitrogen and oxygen atoms in total. The van der Waals surface area contributed by atoms with Crippen LogP contribution >= 0.6 is 0 Å². The summed E-state index contributed by atoms with van der Waals surface area (Å²) in [6.07, 6.45) is 3.28. The molecular formula is C29H33N3O4S. The Kier molecular flexibility index (Phi) is 8.74. The van der Waals surface area contributed by atoms with E-state index in [2.05, 4.69) is 10.0 Å². The van der Waals surface area contributed by atoms with Gasteiger partial charge in [0.25, 0.3) is 0 Å². The van der Waals surface area contributed by atoms with Crippen molar-refractivity contribution in [2.75, 3.05) is 18.4 Å². The lowest BCUT2D eigenvalue weighted by atomic mass is 10.1. The van der Waals surface area contributed by atoms with Crippen LogP contribution in [0.3, 0.4) is 0 Å². The van der Waals surface area contributed by atoms with E-state index >= 15 is 0 Å². The third kappa shape index (κ3) is 7.50. The molecule has 0 aliphatic carbocycles. The van der Waals surface area contributed by atoms with Gasteiger partial charge in [-0.15, -0.1) is 0 Å². The summed E-state index contributed by atoms with van der Waals surface area (Å²) in [5.41, 5.74) is 3.37. The number of sulfonamides is 1. The smallest absolute Gasteiger partial charge is 0.241 e. The zero-order valence-electron chi connectivity index (χ0n) is 21.0. The quantitative estimate of drug-likeness (QED) is 0.413. The summed E-state index contributed by atoms with van der Waals surface area (Å²) in [7, 11) is -3.67. The van der Waals surface area contributed by atoms with Crippen LogP contribution in [0.2, 0.25) is 0 Å². The molecular weight excluding hydrogens is 486 g/mol. The Morgan fingerprint density at radius 3 is 2.14 bits per heavy atom. The molecule has 1 atom stereocenters. The number of hydrogen-bond donors (Lipinski definition) is 2. The van der Waals surface area contributed by atoms with Crippen LogP contribution in [0, 0.1) is 0 Å². The van der Waals surface area contributed by atoms with E-state index in [1.54, 1.807) is 24.3 Å². The third-order valence-corrected chi connectivity index (χ3v) is 8.11. The van der Waals surface area contributed by atoms with Gasteiger partial charge in [-0.2, -0.15) is 0 Å². The number of carbonyl (C=O) groups is 2. The summed E-state index contributed by atoms with van der Waals surface area (Å²) < 4.78 is 28.2. The number of hydrogen-bond acceptors (Lipinski definition) is 4. The molecule has 4 rings (SSSR count). The van der Waals surface area contributed by atoms with Crippen LogP contribution in [0.1, 0.15) is 48.9 Å². The minimum atomic E-state index is -3.67. The lowest BCUT2D eigenvalue weighted by Gasteiger charge is -2.15. The monoisotopic (exact) mass is 519 g/mol. The minimum absolute atomic E-state index is 0.129. The SMILES string of the molecule is C[C@H](NS(=O)(=O)c1ccc(CCC(=O)Nc2ccc(CC(=O)N3CCCC3)cc2)cc1)c1ccccc1. The summed E-state index contributed by atoms with van der Waals surface area (Å²) in [4.78, 5) is 26.8. The number of amides is 2. The van der Waals surface area contributed by atoms with E-state index in [4.69, 9.17) is 0 Å². The molecule has 1 heterocycles. The molecule has 0 aromatic heterocycles. The Hall–Kier alpha value is -3.49. The van der Waals surface area contributed by atoms with Gasteiger partial charge in [0.2, 0.25) is 21.8 Å². The highest BCUT2D eigenvalue weighted by molar-refractivity contribution is 7.89. The normalized spacial score (nSPS) is 14.4. The van der Waals surface area contributed by atoms with E-state index in [1.807, 2.05) is 66.4 Å². The van der Waals surface area contributed by atoms with Gasteiger partial charge in [0.15, 0.2) is 0 Å². The third-order valence-electron chi connectivity index (χ3n) is 6.56. The Morgan fingerprint density at radius 2 is 1.49 bits per heavy atom. The molecule has 194 valence electrons. The van der Waals surface area contributed by atoms with E-state index < -0.39 is 10.0 Å². The minimum Gasteiger partial charge on any atom is -0.342 e. The van der Waals surface area contributed by atoms with Crippen molar-refractivity contribution in [2.24, 2.45) is 0 Å². The number of aryl methyl sites for hydroxylation is 1. The van der Waals surface area contributed by atoms with Crippen molar-refractivity contribution < 1.29 is 18.0 Å². The first-order valence-electron chi connectivity index (χ1n) is 12.6. The average Bonchev–Trinajstić information content (AvgIpc) is 3.45. The summed E-state index contributed by atoms with van der Waals surface area (Å²) in [6, 6.07) is 23.0. The van der Waals surface area contributed by atoms with Crippen molar-refractivity contribution in [3.05, 3.63) is 95.6 Å². The molecule has 1 aliphatic heterocycles. The van der Waals surface area contributed by atoms with Gasteiger partial charge in [0.1, 0.15) is 0 Å². The lowest BCUT2D eigenvalue weighted by Crippen LogP contribution is -2.29. The van der Waals surface area contributed by atoms with E-state index in [1.165, 1.54) is 0 Å². The summed E-state index contributed by atoms with van der Waals surface area (Å²) in [6.45, 7) is 3.49. The molecule has 2 amide bonds. The number of benzene rings is 3. The number of nitrogens with one attached hydrogen (secondary N) is 2. The summed E-state index contributed by atoms with van der Waals surface area (Å²) in [5, 5.41) is 2.88. The second-order valence-electron chi connectivity index (χ2n) is 9.41. The molecule has 3 aromatic carbocycles. The first kappa shape index (κ1) is 26.6. The first-order valence-corrected chi connectivity index (χ1v) is 14.1. The van der Waals surface area contributed by atoms with Crippen molar-refractivity contribution in [2.45, 2.75) is 50.0 Å². The van der Waals surface area contributed by atoms with Crippen LogP contribution in [-0.4, -0.2) is 38.2 Å². The van der Waals surface area contributed by atoms with Crippen LogP contribution in [0.4, 0.5) is 5.69 Å². The highest BCUT2D eigenvalue weighted by Crippen LogP contribution is 2.18. The predicted octanol–water partition coefficient (Wildman–Crippen LogP) is 4.46. The zero-order chi connectivity index (χ0) is 26.3. The summed E-state index contributed by atoms with van der Waals surface area (Å²) in [5.74, 6) is 0.0190. The van der Waals surface area contributed by atoms with Crippen molar-refractivity contribution in [1.82, 2.24) is 9.62 Å². The number of nitrogens with zero attached hydrogens (tertiary/aromatic N) is 1. The van der Waals surface area contributed by atoms with Gasteiger partial charge >= 0.3 is 0 Å². The molecule has 0 bridgehead atoms. The standard InChI is InChI=1S/C29H33N3O4S/c1-22(25-7-3-2-4-8-25)31-37(35,36)27-16-11-23(12-17-27)13-18-28(33)30-26-14-9-24(10-15-26)21-29(34)32-19-5-6-20-32/h2-4,7-12,14-17,22,31H,5-6,13,18-21H2,1H3,(H,30,33)/t22-/m0/s1. The van der Waals surface area contributed by atoms with Crippen molar-refractivity contribution >= 4 is 27.5 Å². The molecule has 0 radical (unpaired) electrons.